The normalized spacial score (nSPS) is 16.8. The Bertz CT molecular complexity index is 1000. The topological polar surface area (TPSA) is 66.5 Å². The molecule has 1 N–H and O–H groups in total. The molecule has 2 aromatic rings. The number of piperidine rings is 1. The van der Waals surface area contributed by atoms with Crippen molar-refractivity contribution in [2.45, 2.75) is 44.9 Å². The Labute approximate surface area is 201 Å². The average molecular weight is 497 g/mol. The van der Waals surface area contributed by atoms with Crippen LogP contribution in [0.1, 0.15) is 50.3 Å². The summed E-state index contributed by atoms with van der Waals surface area (Å²) in [5, 5.41) is 3.88. The molecule has 0 radical (unpaired) electrons. The van der Waals surface area contributed by atoms with Crippen LogP contribution in [0.25, 0.3) is 0 Å². The maximum absolute atomic E-state index is 13.0. The van der Waals surface area contributed by atoms with Gasteiger partial charge in [0.05, 0.1) is 11.8 Å². The molecule has 1 atom stereocenters. The van der Waals surface area contributed by atoms with Crippen LogP contribution in [0.2, 0.25) is 10.0 Å². The molecule has 1 aliphatic rings. The van der Waals surface area contributed by atoms with Gasteiger partial charge in [-0.3, -0.25) is 4.79 Å². The molecule has 32 heavy (non-hydrogen) atoms. The van der Waals surface area contributed by atoms with Gasteiger partial charge in [-0.05, 0) is 42.9 Å². The van der Waals surface area contributed by atoms with Gasteiger partial charge in [0.1, 0.15) is 0 Å². The number of carbonyl (C=O) groups is 1. The maximum Gasteiger partial charge on any atom is 0.223 e. The van der Waals surface area contributed by atoms with Gasteiger partial charge >= 0.3 is 0 Å². The average Bonchev–Trinajstić information content (AvgIpc) is 2.76. The number of amides is 1. The van der Waals surface area contributed by atoms with Crippen LogP contribution >= 0.6 is 23.2 Å². The summed E-state index contributed by atoms with van der Waals surface area (Å²) in [5.74, 6) is -0.0223. The lowest BCUT2D eigenvalue weighted by molar-refractivity contribution is -0.127. The molecule has 0 saturated carbocycles. The molecule has 0 aromatic heterocycles. The molecule has 8 heteroatoms. The molecular weight excluding hydrogens is 467 g/mol. The Hall–Kier alpha value is -1.60. The molecule has 1 amide bonds. The van der Waals surface area contributed by atoms with Crippen LogP contribution in [-0.2, 0) is 20.6 Å². The van der Waals surface area contributed by atoms with Crippen molar-refractivity contribution in [1.29, 1.82) is 0 Å². The van der Waals surface area contributed by atoms with E-state index in [-0.39, 0.29) is 23.6 Å². The number of rotatable bonds is 8. The van der Waals surface area contributed by atoms with Gasteiger partial charge in [-0.2, -0.15) is 0 Å². The van der Waals surface area contributed by atoms with E-state index in [2.05, 4.69) is 19.2 Å². The van der Waals surface area contributed by atoms with Crippen molar-refractivity contribution in [3.63, 3.8) is 0 Å². The van der Waals surface area contributed by atoms with Gasteiger partial charge < -0.3 is 5.32 Å². The predicted octanol–water partition coefficient (Wildman–Crippen LogP) is 5.44. The van der Waals surface area contributed by atoms with Crippen LogP contribution < -0.4 is 5.32 Å². The molecule has 174 valence electrons. The quantitative estimate of drug-likeness (QED) is 0.528. The van der Waals surface area contributed by atoms with Gasteiger partial charge in [0.2, 0.25) is 15.9 Å². The van der Waals surface area contributed by atoms with Crippen LogP contribution in [-0.4, -0.2) is 31.7 Å². The van der Waals surface area contributed by atoms with Gasteiger partial charge in [-0.15, -0.1) is 0 Å². The first-order valence-electron chi connectivity index (χ1n) is 10.9. The zero-order valence-electron chi connectivity index (χ0n) is 18.4. The Morgan fingerprint density at radius 2 is 1.62 bits per heavy atom. The molecule has 1 fully saturated rings. The largest absolute Gasteiger partial charge is 0.349 e. The Kier molecular flexibility index (Phi) is 8.62. The van der Waals surface area contributed by atoms with E-state index in [0.29, 0.717) is 47.5 Å². The van der Waals surface area contributed by atoms with E-state index in [9.17, 15) is 13.2 Å². The smallest absolute Gasteiger partial charge is 0.223 e. The summed E-state index contributed by atoms with van der Waals surface area (Å²) in [4.78, 5) is 13.0. The number of nitrogens with one attached hydrogen (secondary N) is 1. The minimum absolute atomic E-state index is 0.00861. The number of sulfonamides is 1. The van der Waals surface area contributed by atoms with Crippen LogP contribution in [0.5, 0.6) is 0 Å². The van der Waals surface area contributed by atoms with Crippen LogP contribution in [0, 0.1) is 11.8 Å². The summed E-state index contributed by atoms with van der Waals surface area (Å²) < 4.78 is 27.3. The molecule has 0 spiro atoms. The van der Waals surface area contributed by atoms with Crippen molar-refractivity contribution in [2.24, 2.45) is 11.8 Å². The van der Waals surface area contributed by atoms with Gasteiger partial charge in [0.25, 0.3) is 0 Å². The fourth-order valence-corrected chi connectivity index (χ4v) is 6.38. The standard InChI is InChI=1S/C24H30Cl2N2O3S/c1-17(2)15-23(18-7-4-3-5-8-18)27-24(29)19-11-13-28(14-12-19)32(30,31)16-20-21(25)9-6-10-22(20)26/h3-10,17,19,23H,11-16H2,1-2H3,(H,27,29). The van der Waals surface area contributed by atoms with Gasteiger partial charge in [0, 0.05) is 34.6 Å². The molecule has 1 aliphatic heterocycles. The Morgan fingerprint density at radius 1 is 1.03 bits per heavy atom. The highest BCUT2D eigenvalue weighted by molar-refractivity contribution is 7.88. The van der Waals surface area contributed by atoms with Gasteiger partial charge in [0.15, 0.2) is 0 Å². The second-order valence-corrected chi connectivity index (χ2v) is 11.5. The predicted molar refractivity (Wildman–Crippen MR) is 130 cm³/mol. The van der Waals surface area contributed by atoms with Crippen molar-refractivity contribution >= 4 is 39.1 Å². The van der Waals surface area contributed by atoms with Crippen molar-refractivity contribution in [1.82, 2.24) is 9.62 Å². The van der Waals surface area contributed by atoms with Crippen LogP contribution in [0.3, 0.4) is 0 Å². The second-order valence-electron chi connectivity index (χ2n) is 8.73. The van der Waals surface area contributed by atoms with Crippen LogP contribution in [0.4, 0.5) is 0 Å². The highest BCUT2D eigenvalue weighted by Gasteiger charge is 2.32. The minimum atomic E-state index is -3.58. The summed E-state index contributed by atoms with van der Waals surface area (Å²) in [6.45, 7) is 4.89. The van der Waals surface area contributed by atoms with E-state index >= 15 is 0 Å². The maximum atomic E-state index is 13.0. The first-order chi connectivity index (χ1) is 15.2. The lowest BCUT2D eigenvalue weighted by Gasteiger charge is -2.32. The Balaban J connectivity index is 1.61. The van der Waals surface area contributed by atoms with Crippen molar-refractivity contribution in [3.8, 4) is 0 Å². The highest BCUT2D eigenvalue weighted by Crippen LogP contribution is 2.29. The highest BCUT2D eigenvalue weighted by atomic mass is 35.5. The lowest BCUT2D eigenvalue weighted by atomic mass is 9.93. The van der Waals surface area contributed by atoms with E-state index < -0.39 is 10.0 Å². The van der Waals surface area contributed by atoms with Gasteiger partial charge in [-0.25, -0.2) is 12.7 Å². The number of hydrogen-bond donors (Lipinski definition) is 1. The first kappa shape index (κ1) is 25.0. The molecule has 5 nitrogen and oxygen atoms in total. The summed E-state index contributed by atoms with van der Waals surface area (Å²) in [7, 11) is -3.58. The SMILES string of the molecule is CC(C)CC(NC(=O)C1CCN(S(=O)(=O)Cc2c(Cl)cccc2Cl)CC1)c1ccccc1. The monoisotopic (exact) mass is 496 g/mol. The number of carbonyl (C=O) groups excluding carboxylic acids is 1. The summed E-state index contributed by atoms with van der Waals surface area (Å²) in [6.07, 6.45) is 1.83. The molecule has 0 aliphatic carbocycles. The summed E-state index contributed by atoms with van der Waals surface area (Å²) in [5.41, 5.74) is 1.50. The van der Waals surface area contributed by atoms with E-state index in [1.54, 1.807) is 18.2 Å². The van der Waals surface area contributed by atoms with E-state index in [4.69, 9.17) is 23.2 Å². The number of hydrogen-bond acceptors (Lipinski definition) is 3. The molecule has 1 saturated heterocycles. The summed E-state index contributed by atoms with van der Waals surface area (Å²) >= 11 is 12.3. The van der Waals surface area contributed by atoms with Gasteiger partial charge in [-0.1, -0.05) is 73.4 Å². The van der Waals surface area contributed by atoms with Crippen molar-refractivity contribution in [2.75, 3.05) is 13.1 Å². The van der Waals surface area contributed by atoms with Crippen molar-refractivity contribution in [3.05, 3.63) is 69.7 Å². The van der Waals surface area contributed by atoms with Crippen molar-refractivity contribution < 1.29 is 13.2 Å². The lowest BCUT2D eigenvalue weighted by Crippen LogP contribution is -2.44. The molecule has 3 rings (SSSR count). The zero-order chi connectivity index (χ0) is 23.3. The summed E-state index contributed by atoms with van der Waals surface area (Å²) in [6, 6.07) is 14.9. The number of benzene rings is 2. The fourth-order valence-electron chi connectivity index (χ4n) is 4.06. The molecule has 1 unspecified atom stereocenters. The Morgan fingerprint density at radius 3 is 2.19 bits per heavy atom. The number of nitrogens with zero attached hydrogens (tertiary/aromatic N) is 1. The van der Waals surface area contributed by atoms with E-state index in [0.717, 1.165) is 12.0 Å². The number of halogens is 2. The third-order valence-corrected chi connectivity index (χ3v) is 8.35. The molecule has 1 heterocycles. The molecule has 2 aromatic carbocycles. The third kappa shape index (κ3) is 6.47. The molecule has 0 bridgehead atoms. The minimum Gasteiger partial charge on any atom is -0.349 e. The molecular formula is C24H30Cl2N2O3S. The second kappa shape index (κ2) is 11.0. The van der Waals surface area contributed by atoms with E-state index in [1.165, 1.54) is 4.31 Å². The first-order valence-corrected chi connectivity index (χ1v) is 13.3. The fraction of sp³-hybridized carbons (Fsp3) is 0.458. The van der Waals surface area contributed by atoms with E-state index in [1.807, 2.05) is 30.3 Å². The zero-order valence-corrected chi connectivity index (χ0v) is 20.8. The van der Waals surface area contributed by atoms with Crippen LogP contribution in [0.15, 0.2) is 48.5 Å². The third-order valence-electron chi connectivity index (χ3n) is 5.83.